The molecule has 0 aromatic heterocycles. The first-order valence-electron chi connectivity index (χ1n) is 6.37. The van der Waals surface area contributed by atoms with Crippen LogP contribution in [0.3, 0.4) is 0 Å². The summed E-state index contributed by atoms with van der Waals surface area (Å²) >= 11 is 0. The third kappa shape index (κ3) is 1.88. The molecule has 0 aliphatic carbocycles. The Morgan fingerprint density at radius 1 is 1.44 bits per heavy atom. The standard InChI is InChI=1S/C14H16N2O2/c1-2-11-14(17)16-13(15-11)10-7-9-5-3-4-6-12(9)18-8-10/h3-6,10-11H,2,7-8H2,1H3,(H,15,16,17). The van der Waals surface area contributed by atoms with Gasteiger partial charge in [-0.1, -0.05) is 25.1 Å². The Kier molecular flexibility index (Phi) is 2.78. The van der Waals surface area contributed by atoms with Crippen molar-refractivity contribution in [3.63, 3.8) is 0 Å². The Morgan fingerprint density at radius 2 is 2.28 bits per heavy atom. The largest absolute Gasteiger partial charge is 0.493 e. The lowest BCUT2D eigenvalue weighted by molar-refractivity contribution is -0.120. The monoisotopic (exact) mass is 244 g/mol. The van der Waals surface area contributed by atoms with E-state index < -0.39 is 0 Å². The van der Waals surface area contributed by atoms with Gasteiger partial charge in [0.1, 0.15) is 17.6 Å². The lowest BCUT2D eigenvalue weighted by Gasteiger charge is -2.24. The predicted molar refractivity (Wildman–Crippen MR) is 68.8 cm³/mol. The molecule has 2 aliphatic rings. The number of nitrogens with zero attached hydrogens (tertiary/aromatic N) is 1. The number of carbonyl (C=O) groups excluding carboxylic acids is 1. The van der Waals surface area contributed by atoms with E-state index in [9.17, 15) is 4.79 Å². The molecule has 18 heavy (non-hydrogen) atoms. The number of fused-ring (bicyclic) bond motifs is 1. The highest BCUT2D eigenvalue weighted by molar-refractivity contribution is 6.06. The van der Waals surface area contributed by atoms with Crippen LogP contribution >= 0.6 is 0 Å². The summed E-state index contributed by atoms with van der Waals surface area (Å²) in [6, 6.07) is 7.82. The van der Waals surface area contributed by atoms with E-state index in [0.29, 0.717) is 6.61 Å². The summed E-state index contributed by atoms with van der Waals surface area (Å²) in [7, 11) is 0. The van der Waals surface area contributed by atoms with Gasteiger partial charge in [-0.3, -0.25) is 9.79 Å². The fourth-order valence-electron chi connectivity index (χ4n) is 2.46. The summed E-state index contributed by atoms with van der Waals surface area (Å²) in [5, 5.41) is 2.89. The summed E-state index contributed by atoms with van der Waals surface area (Å²) in [5.74, 6) is 1.93. The SMILES string of the molecule is CCC1N=C(C2COc3ccccc3C2)NC1=O. The van der Waals surface area contributed by atoms with Crippen molar-refractivity contribution in [1.29, 1.82) is 0 Å². The summed E-state index contributed by atoms with van der Waals surface area (Å²) < 4.78 is 5.72. The fourth-order valence-corrected chi connectivity index (χ4v) is 2.46. The van der Waals surface area contributed by atoms with Gasteiger partial charge in [-0.2, -0.15) is 0 Å². The maximum absolute atomic E-state index is 11.6. The van der Waals surface area contributed by atoms with E-state index in [2.05, 4.69) is 16.4 Å². The van der Waals surface area contributed by atoms with Gasteiger partial charge >= 0.3 is 0 Å². The van der Waals surface area contributed by atoms with Crippen LogP contribution < -0.4 is 10.1 Å². The molecule has 1 aromatic rings. The number of amides is 1. The van der Waals surface area contributed by atoms with Crippen LogP contribution in [0.1, 0.15) is 18.9 Å². The van der Waals surface area contributed by atoms with E-state index in [4.69, 9.17) is 4.74 Å². The molecule has 2 heterocycles. The van der Waals surface area contributed by atoms with Crippen molar-refractivity contribution in [2.45, 2.75) is 25.8 Å². The zero-order valence-corrected chi connectivity index (χ0v) is 10.3. The fraction of sp³-hybridized carbons (Fsp3) is 0.429. The van der Waals surface area contributed by atoms with Crippen molar-refractivity contribution in [2.75, 3.05) is 6.61 Å². The Bertz CT molecular complexity index is 510. The van der Waals surface area contributed by atoms with Crippen LogP contribution in [-0.4, -0.2) is 24.4 Å². The van der Waals surface area contributed by atoms with Gasteiger partial charge < -0.3 is 10.1 Å². The minimum atomic E-state index is -0.211. The highest BCUT2D eigenvalue weighted by Crippen LogP contribution is 2.28. The van der Waals surface area contributed by atoms with Crippen LogP contribution in [0.4, 0.5) is 0 Å². The Morgan fingerprint density at radius 3 is 3.06 bits per heavy atom. The average Bonchev–Trinajstić information content (AvgIpc) is 2.79. The Hall–Kier alpha value is -1.84. The second-order valence-electron chi connectivity index (χ2n) is 4.75. The first kappa shape index (κ1) is 11.3. The third-order valence-corrected chi connectivity index (χ3v) is 3.50. The molecule has 0 radical (unpaired) electrons. The van der Waals surface area contributed by atoms with Gasteiger partial charge in [0.25, 0.3) is 0 Å². The zero-order valence-electron chi connectivity index (χ0n) is 10.3. The van der Waals surface area contributed by atoms with Crippen molar-refractivity contribution in [1.82, 2.24) is 5.32 Å². The number of amidine groups is 1. The van der Waals surface area contributed by atoms with Gasteiger partial charge in [0.2, 0.25) is 5.91 Å². The molecular weight excluding hydrogens is 228 g/mol. The predicted octanol–water partition coefficient (Wildman–Crippen LogP) is 1.54. The molecule has 2 unspecified atom stereocenters. The van der Waals surface area contributed by atoms with E-state index in [0.717, 1.165) is 24.4 Å². The minimum absolute atomic E-state index is 0.0198. The van der Waals surface area contributed by atoms with Crippen molar-refractivity contribution in [2.24, 2.45) is 10.9 Å². The molecule has 4 heteroatoms. The van der Waals surface area contributed by atoms with Gasteiger partial charge in [0.15, 0.2) is 0 Å². The molecule has 1 N–H and O–H groups in total. The lowest BCUT2D eigenvalue weighted by atomic mass is 9.96. The van der Waals surface area contributed by atoms with E-state index >= 15 is 0 Å². The first-order valence-corrected chi connectivity index (χ1v) is 6.37. The summed E-state index contributed by atoms with van der Waals surface area (Å²) in [6.07, 6.45) is 1.63. The number of benzene rings is 1. The normalized spacial score (nSPS) is 26.1. The summed E-state index contributed by atoms with van der Waals surface area (Å²) in [6.45, 7) is 2.57. The first-order chi connectivity index (χ1) is 8.78. The number of carbonyl (C=O) groups is 1. The second-order valence-corrected chi connectivity index (χ2v) is 4.75. The molecular formula is C14H16N2O2. The van der Waals surface area contributed by atoms with Gasteiger partial charge in [-0.05, 0) is 24.5 Å². The van der Waals surface area contributed by atoms with E-state index in [1.807, 2.05) is 25.1 Å². The Labute approximate surface area is 106 Å². The minimum Gasteiger partial charge on any atom is -0.493 e. The maximum Gasteiger partial charge on any atom is 0.250 e. The molecule has 0 bridgehead atoms. The zero-order chi connectivity index (χ0) is 12.5. The highest BCUT2D eigenvalue weighted by Gasteiger charge is 2.32. The molecule has 3 rings (SSSR count). The van der Waals surface area contributed by atoms with Crippen LogP contribution in [0.15, 0.2) is 29.3 Å². The lowest BCUT2D eigenvalue weighted by Crippen LogP contribution is -2.37. The molecule has 2 atom stereocenters. The summed E-state index contributed by atoms with van der Waals surface area (Å²) in [4.78, 5) is 16.1. The molecule has 94 valence electrons. The van der Waals surface area contributed by atoms with Gasteiger partial charge in [-0.15, -0.1) is 0 Å². The topological polar surface area (TPSA) is 50.7 Å². The van der Waals surface area contributed by atoms with Crippen LogP contribution in [0, 0.1) is 5.92 Å². The molecule has 1 amide bonds. The average molecular weight is 244 g/mol. The van der Waals surface area contributed by atoms with Crippen LogP contribution in [0.2, 0.25) is 0 Å². The van der Waals surface area contributed by atoms with Crippen molar-refractivity contribution >= 4 is 11.7 Å². The molecule has 2 aliphatic heterocycles. The third-order valence-electron chi connectivity index (χ3n) is 3.50. The van der Waals surface area contributed by atoms with Crippen molar-refractivity contribution < 1.29 is 9.53 Å². The Balaban J connectivity index is 1.79. The van der Waals surface area contributed by atoms with Crippen LogP contribution in [0.25, 0.3) is 0 Å². The molecule has 1 aromatic carbocycles. The van der Waals surface area contributed by atoms with E-state index in [-0.39, 0.29) is 17.9 Å². The molecule has 0 spiro atoms. The number of para-hydroxylation sites is 1. The summed E-state index contributed by atoms with van der Waals surface area (Å²) in [5.41, 5.74) is 1.19. The quantitative estimate of drug-likeness (QED) is 0.858. The second kappa shape index (κ2) is 4.44. The van der Waals surface area contributed by atoms with E-state index in [1.165, 1.54) is 5.56 Å². The van der Waals surface area contributed by atoms with Crippen LogP contribution in [-0.2, 0) is 11.2 Å². The smallest absolute Gasteiger partial charge is 0.250 e. The number of ether oxygens (including phenoxy) is 1. The van der Waals surface area contributed by atoms with Crippen LogP contribution in [0.5, 0.6) is 5.75 Å². The van der Waals surface area contributed by atoms with Gasteiger partial charge in [-0.25, -0.2) is 0 Å². The number of hydrogen-bond donors (Lipinski definition) is 1. The number of nitrogens with one attached hydrogen (secondary N) is 1. The van der Waals surface area contributed by atoms with Gasteiger partial charge in [0.05, 0.1) is 12.5 Å². The van der Waals surface area contributed by atoms with Crippen molar-refractivity contribution in [3.05, 3.63) is 29.8 Å². The van der Waals surface area contributed by atoms with Gasteiger partial charge in [0, 0.05) is 0 Å². The van der Waals surface area contributed by atoms with E-state index in [1.54, 1.807) is 0 Å². The molecule has 0 saturated heterocycles. The van der Waals surface area contributed by atoms with Crippen molar-refractivity contribution in [3.8, 4) is 5.75 Å². The number of rotatable bonds is 2. The maximum atomic E-state index is 11.6. The number of hydrogen-bond acceptors (Lipinski definition) is 3. The molecule has 0 saturated carbocycles. The number of aliphatic imine (C=N–C) groups is 1. The molecule has 0 fully saturated rings. The molecule has 4 nitrogen and oxygen atoms in total. The highest BCUT2D eigenvalue weighted by atomic mass is 16.5.